The topological polar surface area (TPSA) is 84.9 Å². The van der Waals surface area contributed by atoms with Crippen molar-refractivity contribution in [3.8, 4) is 5.75 Å². The number of rotatable bonds is 7. The number of benzene rings is 1. The fraction of sp³-hybridized carbons (Fsp3) is 0.385. The van der Waals surface area contributed by atoms with Crippen molar-refractivity contribution in [3.05, 3.63) is 27.3 Å². The van der Waals surface area contributed by atoms with Crippen molar-refractivity contribution in [2.24, 2.45) is 0 Å². The van der Waals surface area contributed by atoms with Gasteiger partial charge in [-0.2, -0.15) is 0 Å². The molecule has 0 heterocycles. The van der Waals surface area contributed by atoms with Gasteiger partial charge in [0.05, 0.1) is 15.7 Å². The molecule has 1 unspecified atom stereocenters. The summed E-state index contributed by atoms with van der Waals surface area (Å²) in [7, 11) is 1.55. The fourth-order valence-electron chi connectivity index (χ4n) is 1.50. The lowest BCUT2D eigenvalue weighted by Gasteiger charge is -2.13. The van der Waals surface area contributed by atoms with Crippen LogP contribution in [0.4, 0.5) is 0 Å². The van der Waals surface area contributed by atoms with Gasteiger partial charge in [-0.15, -0.1) is 0 Å². The Hall–Kier alpha value is -1.35. The van der Waals surface area contributed by atoms with Crippen molar-refractivity contribution >= 4 is 34.5 Å². The molecule has 1 aromatic rings. The van der Waals surface area contributed by atoms with Crippen LogP contribution in [-0.2, 0) is 9.53 Å². The third kappa shape index (κ3) is 5.33. The van der Waals surface area contributed by atoms with Gasteiger partial charge in [-0.25, -0.2) is 4.79 Å². The van der Waals surface area contributed by atoms with Crippen LogP contribution in [0.3, 0.4) is 0 Å². The number of carbonyl (C=O) groups excluding carboxylic acids is 1. The Kier molecular flexibility index (Phi) is 6.73. The van der Waals surface area contributed by atoms with Crippen molar-refractivity contribution in [2.75, 3.05) is 20.3 Å². The molecule has 1 rings (SSSR count). The molecule has 1 amide bonds. The molecule has 110 valence electrons. The van der Waals surface area contributed by atoms with Gasteiger partial charge in [-0.1, -0.05) is 0 Å². The highest BCUT2D eigenvalue weighted by molar-refractivity contribution is 14.1. The van der Waals surface area contributed by atoms with Crippen LogP contribution in [0.5, 0.6) is 5.75 Å². The van der Waals surface area contributed by atoms with Crippen LogP contribution in [0.1, 0.15) is 17.3 Å². The summed E-state index contributed by atoms with van der Waals surface area (Å²) in [6, 6.07) is 4.40. The number of carboxylic acids is 1. The number of carboxylic acid groups (broad SMARTS) is 1. The average Bonchev–Trinajstić information content (AvgIpc) is 2.37. The first kappa shape index (κ1) is 16.7. The number of aromatic carboxylic acids is 1. The maximum absolute atomic E-state index is 11.6. The van der Waals surface area contributed by atoms with E-state index in [-0.39, 0.29) is 24.1 Å². The molecule has 0 bridgehead atoms. The van der Waals surface area contributed by atoms with E-state index in [1.54, 1.807) is 13.2 Å². The van der Waals surface area contributed by atoms with E-state index in [0.717, 1.165) is 3.57 Å². The number of ether oxygens (including phenoxy) is 2. The van der Waals surface area contributed by atoms with Gasteiger partial charge in [0.25, 0.3) is 5.91 Å². The molecule has 0 aliphatic heterocycles. The number of halogens is 1. The number of carbonyl (C=O) groups is 2. The fourth-order valence-corrected chi connectivity index (χ4v) is 1.99. The first-order valence-corrected chi connectivity index (χ1v) is 6.96. The van der Waals surface area contributed by atoms with Crippen LogP contribution in [0, 0.1) is 3.57 Å². The summed E-state index contributed by atoms with van der Waals surface area (Å²) in [6.45, 7) is 2.06. The minimum atomic E-state index is -1.04. The molecule has 20 heavy (non-hydrogen) atoms. The van der Waals surface area contributed by atoms with E-state index >= 15 is 0 Å². The van der Waals surface area contributed by atoms with Gasteiger partial charge in [0, 0.05) is 13.2 Å². The summed E-state index contributed by atoms with van der Waals surface area (Å²) < 4.78 is 11.0. The highest BCUT2D eigenvalue weighted by Crippen LogP contribution is 2.22. The second-order valence-corrected chi connectivity index (χ2v) is 5.33. The highest BCUT2D eigenvalue weighted by atomic mass is 127. The van der Waals surface area contributed by atoms with Gasteiger partial charge in [0.1, 0.15) is 5.75 Å². The highest BCUT2D eigenvalue weighted by Gasteiger charge is 2.11. The van der Waals surface area contributed by atoms with Crippen molar-refractivity contribution < 1.29 is 24.2 Å². The smallest absolute Gasteiger partial charge is 0.335 e. The number of nitrogens with one attached hydrogen (secondary N) is 1. The Morgan fingerprint density at radius 2 is 2.15 bits per heavy atom. The van der Waals surface area contributed by atoms with Crippen LogP contribution < -0.4 is 10.1 Å². The van der Waals surface area contributed by atoms with E-state index in [2.05, 4.69) is 5.32 Å². The maximum Gasteiger partial charge on any atom is 0.335 e. The lowest BCUT2D eigenvalue weighted by atomic mass is 10.2. The van der Waals surface area contributed by atoms with Crippen LogP contribution in [0.2, 0.25) is 0 Å². The standard InChI is InChI=1S/C13H16INO5/c1-8(6-19-2)15-12(16)7-20-11-5-9(13(17)18)3-4-10(11)14/h3-5,8H,6-7H2,1-2H3,(H,15,16)(H,17,18). The predicted molar refractivity (Wildman–Crippen MR) is 81.1 cm³/mol. The monoisotopic (exact) mass is 393 g/mol. The molecule has 0 aliphatic rings. The molecule has 6 nitrogen and oxygen atoms in total. The number of amides is 1. The lowest BCUT2D eigenvalue weighted by Crippen LogP contribution is -2.38. The van der Waals surface area contributed by atoms with Gasteiger partial charge in [-0.3, -0.25) is 4.79 Å². The average molecular weight is 393 g/mol. The molecular formula is C13H16INO5. The van der Waals surface area contributed by atoms with E-state index in [1.165, 1.54) is 12.1 Å². The van der Waals surface area contributed by atoms with Crippen molar-refractivity contribution in [2.45, 2.75) is 13.0 Å². The second-order valence-electron chi connectivity index (χ2n) is 4.16. The molecule has 1 atom stereocenters. The molecule has 2 N–H and O–H groups in total. The van der Waals surface area contributed by atoms with Gasteiger partial charge in [0.15, 0.2) is 6.61 Å². The molecule has 0 saturated carbocycles. The summed E-state index contributed by atoms with van der Waals surface area (Å²) in [4.78, 5) is 22.5. The van der Waals surface area contributed by atoms with Crippen molar-refractivity contribution in [1.82, 2.24) is 5.32 Å². The molecule has 0 radical (unpaired) electrons. The first-order chi connectivity index (χ1) is 9.43. The van der Waals surface area contributed by atoms with E-state index in [9.17, 15) is 9.59 Å². The first-order valence-electron chi connectivity index (χ1n) is 5.88. The van der Waals surface area contributed by atoms with E-state index in [1.807, 2.05) is 29.5 Å². The molecule has 7 heteroatoms. The summed E-state index contributed by atoms with van der Waals surface area (Å²) in [5.74, 6) is -0.949. The quantitative estimate of drug-likeness (QED) is 0.687. The second kappa shape index (κ2) is 8.05. The van der Waals surface area contributed by atoms with Gasteiger partial charge < -0.3 is 19.9 Å². The van der Waals surface area contributed by atoms with Gasteiger partial charge >= 0.3 is 5.97 Å². The largest absolute Gasteiger partial charge is 0.483 e. The van der Waals surface area contributed by atoms with Gasteiger partial charge in [-0.05, 0) is 47.7 Å². The minimum Gasteiger partial charge on any atom is -0.483 e. The van der Waals surface area contributed by atoms with Gasteiger partial charge in [0.2, 0.25) is 0 Å². The Bertz CT molecular complexity index is 492. The third-order valence-corrected chi connectivity index (χ3v) is 3.25. The zero-order chi connectivity index (χ0) is 15.1. The molecule has 0 aromatic heterocycles. The van der Waals surface area contributed by atoms with Crippen LogP contribution >= 0.6 is 22.6 Å². The zero-order valence-electron chi connectivity index (χ0n) is 11.2. The third-order valence-electron chi connectivity index (χ3n) is 2.36. The normalized spacial score (nSPS) is 11.8. The molecule has 1 aromatic carbocycles. The summed E-state index contributed by atoms with van der Waals surface area (Å²) in [6.07, 6.45) is 0. The Labute approximate surface area is 130 Å². The Morgan fingerprint density at radius 3 is 2.75 bits per heavy atom. The molecule has 0 saturated heterocycles. The molecular weight excluding hydrogens is 377 g/mol. The number of hydrogen-bond donors (Lipinski definition) is 2. The van der Waals surface area contributed by atoms with Crippen LogP contribution in [0.25, 0.3) is 0 Å². The van der Waals surface area contributed by atoms with E-state index in [4.69, 9.17) is 14.6 Å². The summed E-state index contributed by atoms with van der Waals surface area (Å²) >= 11 is 2.02. The van der Waals surface area contributed by atoms with Crippen molar-refractivity contribution in [1.29, 1.82) is 0 Å². The molecule has 0 fully saturated rings. The van der Waals surface area contributed by atoms with E-state index in [0.29, 0.717) is 12.4 Å². The summed E-state index contributed by atoms with van der Waals surface area (Å²) in [5, 5.41) is 11.6. The molecule has 0 spiro atoms. The predicted octanol–water partition coefficient (Wildman–Crippen LogP) is 1.52. The number of hydrogen-bond acceptors (Lipinski definition) is 4. The lowest BCUT2D eigenvalue weighted by molar-refractivity contribution is -0.124. The zero-order valence-corrected chi connectivity index (χ0v) is 13.3. The minimum absolute atomic E-state index is 0.111. The van der Waals surface area contributed by atoms with Crippen LogP contribution in [0.15, 0.2) is 18.2 Å². The number of methoxy groups -OCH3 is 1. The Morgan fingerprint density at radius 1 is 1.45 bits per heavy atom. The molecule has 0 aliphatic carbocycles. The summed E-state index contributed by atoms with van der Waals surface area (Å²) in [5.41, 5.74) is 0.119. The maximum atomic E-state index is 11.6. The van der Waals surface area contributed by atoms with Crippen LogP contribution in [-0.4, -0.2) is 43.3 Å². The van der Waals surface area contributed by atoms with Crippen molar-refractivity contribution in [3.63, 3.8) is 0 Å². The van der Waals surface area contributed by atoms with E-state index < -0.39 is 5.97 Å². The Balaban J connectivity index is 2.59. The SMILES string of the molecule is COCC(C)NC(=O)COc1cc(C(=O)O)ccc1I.